The topological polar surface area (TPSA) is 93.6 Å². The predicted octanol–water partition coefficient (Wildman–Crippen LogP) is 3.93. The molecule has 0 spiro atoms. The number of aromatic nitrogens is 3. The first-order chi connectivity index (χ1) is 14.6. The highest BCUT2D eigenvalue weighted by Gasteiger charge is 2.26. The summed E-state index contributed by atoms with van der Waals surface area (Å²) in [7, 11) is 6.58. The second kappa shape index (κ2) is 8.00. The SMILES string of the molecule is CNc1c(-c2nc3ccccc3[nH]2)c(O)c(COC)n1-c1cc(OC)cc(OC)c1. The second-order valence-electron chi connectivity index (χ2n) is 6.71. The van der Waals surface area contributed by atoms with Crippen molar-refractivity contribution in [1.29, 1.82) is 0 Å². The summed E-state index contributed by atoms with van der Waals surface area (Å²) in [5.74, 6) is 2.57. The minimum absolute atomic E-state index is 0.0852. The number of imidazole rings is 1. The number of nitrogens with one attached hydrogen (secondary N) is 2. The minimum atomic E-state index is 0.0852. The second-order valence-corrected chi connectivity index (χ2v) is 6.71. The average Bonchev–Trinajstić information content (AvgIpc) is 3.32. The quantitative estimate of drug-likeness (QED) is 0.429. The van der Waals surface area contributed by atoms with Crippen molar-refractivity contribution in [2.24, 2.45) is 0 Å². The van der Waals surface area contributed by atoms with Crippen molar-refractivity contribution in [3.05, 3.63) is 48.2 Å². The number of methoxy groups -OCH3 is 3. The Morgan fingerprint density at radius 3 is 2.37 bits per heavy atom. The summed E-state index contributed by atoms with van der Waals surface area (Å²) in [4.78, 5) is 7.96. The summed E-state index contributed by atoms with van der Waals surface area (Å²) in [5, 5.41) is 14.4. The van der Waals surface area contributed by atoms with Crippen LogP contribution in [-0.2, 0) is 11.3 Å². The lowest BCUT2D eigenvalue weighted by Gasteiger charge is -2.15. The summed E-state index contributed by atoms with van der Waals surface area (Å²) in [6.45, 7) is 0.195. The molecule has 2 heterocycles. The van der Waals surface area contributed by atoms with Gasteiger partial charge < -0.3 is 29.6 Å². The third-order valence-electron chi connectivity index (χ3n) is 4.98. The third kappa shape index (κ3) is 3.21. The Labute approximate surface area is 174 Å². The van der Waals surface area contributed by atoms with E-state index in [-0.39, 0.29) is 12.4 Å². The molecule has 0 radical (unpaired) electrons. The normalized spacial score (nSPS) is 11.1. The van der Waals surface area contributed by atoms with E-state index in [0.29, 0.717) is 34.4 Å². The van der Waals surface area contributed by atoms with Gasteiger partial charge in [0.15, 0.2) is 5.75 Å². The lowest BCUT2D eigenvalue weighted by Crippen LogP contribution is -2.06. The highest BCUT2D eigenvalue weighted by Crippen LogP contribution is 2.44. The minimum Gasteiger partial charge on any atom is -0.505 e. The van der Waals surface area contributed by atoms with Crippen LogP contribution in [0.3, 0.4) is 0 Å². The van der Waals surface area contributed by atoms with Gasteiger partial charge in [0.1, 0.15) is 28.7 Å². The molecule has 0 unspecified atom stereocenters. The molecule has 156 valence electrons. The van der Waals surface area contributed by atoms with Crippen molar-refractivity contribution in [3.8, 4) is 34.3 Å². The Bertz CT molecular complexity index is 1140. The van der Waals surface area contributed by atoms with Crippen molar-refractivity contribution >= 4 is 16.9 Å². The molecule has 0 aliphatic carbocycles. The van der Waals surface area contributed by atoms with Crippen LogP contribution in [0.25, 0.3) is 28.1 Å². The highest BCUT2D eigenvalue weighted by molar-refractivity contribution is 5.87. The number of aromatic amines is 1. The van der Waals surface area contributed by atoms with Gasteiger partial charge in [-0.05, 0) is 12.1 Å². The van der Waals surface area contributed by atoms with Crippen molar-refractivity contribution in [2.45, 2.75) is 6.61 Å². The van der Waals surface area contributed by atoms with Gasteiger partial charge in [0.25, 0.3) is 0 Å². The molecule has 8 nitrogen and oxygen atoms in total. The highest BCUT2D eigenvalue weighted by atomic mass is 16.5. The van der Waals surface area contributed by atoms with Gasteiger partial charge >= 0.3 is 0 Å². The maximum atomic E-state index is 11.2. The molecule has 3 N–H and O–H groups in total. The van der Waals surface area contributed by atoms with Gasteiger partial charge in [-0.2, -0.15) is 0 Å². The summed E-state index contributed by atoms with van der Waals surface area (Å²) < 4.78 is 18.1. The predicted molar refractivity (Wildman–Crippen MR) is 116 cm³/mol. The fourth-order valence-corrected chi connectivity index (χ4v) is 3.62. The Morgan fingerprint density at radius 2 is 1.77 bits per heavy atom. The van der Waals surface area contributed by atoms with Gasteiger partial charge in [0.2, 0.25) is 0 Å². The number of benzene rings is 2. The van der Waals surface area contributed by atoms with Crippen molar-refractivity contribution in [3.63, 3.8) is 0 Å². The van der Waals surface area contributed by atoms with Gasteiger partial charge in [-0.3, -0.25) is 4.57 Å². The number of nitrogens with zero attached hydrogens (tertiary/aromatic N) is 2. The Kier molecular flexibility index (Phi) is 5.24. The number of hydrogen-bond donors (Lipinski definition) is 3. The molecule has 0 fully saturated rings. The van der Waals surface area contributed by atoms with E-state index in [4.69, 9.17) is 14.2 Å². The van der Waals surface area contributed by atoms with Crippen LogP contribution >= 0.6 is 0 Å². The summed E-state index contributed by atoms with van der Waals surface area (Å²) in [6.07, 6.45) is 0. The summed E-state index contributed by atoms with van der Waals surface area (Å²) >= 11 is 0. The first-order valence-corrected chi connectivity index (χ1v) is 9.43. The number of para-hydroxylation sites is 2. The zero-order valence-corrected chi connectivity index (χ0v) is 17.3. The fraction of sp³-hybridized carbons (Fsp3) is 0.227. The molecule has 0 bridgehead atoms. The number of ether oxygens (including phenoxy) is 3. The number of rotatable bonds is 7. The van der Waals surface area contributed by atoms with E-state index >= 15 is 0 Å². The van der Waals surface area contributed by atoms with Gasteiger partial charge in [-0.25, -0.2) is 4.98 Å². The monoisotopic (exact) mass is 408 g/mol. The van der Waals surface area contributed by atoms with Crippen LogP contribution in [0.1, 0.15) is 5.69 Å². The Balaban J connectivity index is 2.00. The van der Waals surface area contributed by atoms with E-state index < -0.39 is 0 Å². The van der Waals surface area contributed by atoms with Crippen LogP contribution in [0.2, 0.25) is 0 Å². The van der Waals surface area contributed by atoms with Crippen LogP contribution in [-0.4, -0.2) is 48.0 Å². The molecular formula is C22H24N4O4. The summed E-state index contributed by atoms with van der Waals surface area (Å²) in [5.41, 5.74) is 3.59. The first kappa shape index (κ1) is 19.7. The molecule has 0 atom stereocenters. The maximum Gasteiger partial charge on any atom is 0.152 e. The van der Waals surface area contributed by atoms with Crippen molar-refractivity contribution < 1.29 is 19.3 Å². The Morgan fingerprint density at radius 1 is 1.07 bits per heavy atom. The van der Waals surface area contributed by atoms with Gasteiger partial charge in [-0.15, -0.1) is 0 Å². The fourth-order valence-electron chi connectivity index (χ4n) is 3.62. The zero-order chi connectivity index (χ0) is 21.3. The number of hydrogen-bond acceptors (Lipinski definition) is 6. The van der Waals surface area contributed by atoms with Gasteiger partial charge in [0, 0.05) is 32.4 Å². The van der Waals surface area contributed by atoms with Crippen molar-refractivity contribution in [2.75, 3.05) is 33.7 Å². The van der Waals surface area contributed by atoms with Crippen LogP contribution in [0, 0.1) is 0 Å². The molecule has 0 amide bonds. The third-order valence-corrected chi connectivity index (χ3v) is 4.98. The van der Waals surface area contributed by atoms with Crippen molar-refractivity contribution in [1.82, 2.24) is 14.5 Å². The van der Waals surface area contributed by atoms with E-state index in [9.17, 15) is 5.11 Å². The van der Waals surface area contributed by atoms with E-state index in [1.165, 1.54) is 0 Å². The van der Waals surface area contributed by atoms with E-state index in [2.05, 4.69) is 15.3 Å². The first-order valence-electron chi connectivity index (χ1n) is 9.43. The molecule has 0 aliphatic rings. The molecular weight excluding hydrogens is 384 g/mol. The Hall–Kier alpha value is -3.65. The standard InChI is InChI=1S/C22H24N4O4/c1-23-22-19(21-24-16-7-5-6-8-17(16)25-21)20(27)18(12-28-2)26(22)13-9-14(29-3)11-15(10-13)30-4/h5-11,23,27H,12H2,1-4H3,(H,24,25). The van der Waals surface area contributed by atoms with Crippen LogP contribution in [0.15, 0.2) is 42.5 Å². The molecule has 0 saturated heterocycles. The number of aromatic hydroxyl groups is 1. The van der Waals surface area contributed by atoms with E-state index in [1.807, 2.05) is 41.0 Å². The number of anilines is 1. The molecule has 2 aromatic heterocycles. The lowest BCUT2D eigenvalue weighted by atomic mass is 10.2. The van der Waals surface area contributed by atoms with Crippen LogP contribution in [0.4, 0.5) is 5.82 Å². The van der Waals surface area contributed by atoms with Crippen LogP contribution in [0.5, 0.6) is 17.2 Å². The molecule has 30 heavy (non-hydrogen) atoms. The molecule has 0 aliphatic heterocycles. The molecule has 0 saturated carbocycles. The molecule has 4 rings (SSSR count). The van der Waals surface area contributed by atoms with Gasteiger partial charge in [-0.1, -0.05) is 12.1 Å². The lowest BCUT2D eigenvalue weighted by molar-refractivity contribution is 0.177. The number of fused-ring (bicyclic) bond motifs is 1. The van der Waals surface area contributed by atoms with Crippen LogP contribution < -0.4 is 14.8 Å². The molecule has 4 aromatic rings. The average molecular weight is 408 g/mol. The zero-order valence-electron chi connectivity index (χ0n) is 17.3. The number of H-pyrrole nitrogens is 1. The maximum absolute atomic E-state index is 11.2. The van der Waals surface area contributed by atoms with E-state index in [1.54, 1.807) is 34.4 Å². The van der Waals surface area contributed by atoms with E-state index in [0.717, 1.165) is 16.7 Å². The summed E-state index contributed by atoms with van der Waals surface area (Å²) in [6, 6.07) is 13.3. The smallest absolute Gasteiger partial charge is 0.152 e. The molecule has 2 aromatic carbocycles. The molecule has 8 heteroatoms. The van der Waals surface area contributed by atoms with Gasteiger partial charge in [0.05, 0.1) is 43.2 Å². The largest absolute Gasteiger partial charge is 0.505 e.